The van der Waals surface area contributed by atoms with E-state index in [9.17, 15) is 0 Å². The molecule has 0 N–H and O–H groups in total. The SMILES string of the molecule is CCN=c1scc(-c2ccc(-c3ccccc3)cc2)n1N=Cc1ccccn1. The van der Waals surface area contributed by atoms with Crippen molar-refractivity contribution < 1.29 is 0 Å². The molecule has 0 aliphatic heterocycles. The molecule has 0 unspecified atom stereocenters. The Bertz CT molecular complexity index is 1120. The largest absolute Gasteiger partial charge is 0.258 e. The average Bonchev–Trinajstić information content (AvgIpc) is 3.16. The lowest BCUT2D eigenvalue weighted by molar-refractivity contribution is 0.832. The maximum Gasteiger partial charge on any atom is 0.206 e. The molecule has 2 aromatic carbocycles. The number of aromatic nitrogens is 2. The molecule has 28 heavy (non-hydrogen) atoms. The first kappa shape index (κ1) is 18.1. The molecule has 4 nitrogen and oxygen atoms in total. The van der Waals surface area contributed by atoms with Crippen molar-refractivity contribution in [3.63, 3.8) is 0 Å². The molecular formula is C23H20N4S. The van der Waals surface area contributed by atoms with E-state index >= 15 is 0 Å². The molecule has 0 radical (unpaired) electrons. The van der Waals surface area contributed by atoms with Crippen LogP contribution in [0.4, 0.5) is 0 Å². The van der Waals surface area contributed by atoms with Crippen molar-refractivity contribution in [2.24, 2.45) is 10.1 Å². The van der Waals surface area contributed by atoms with E-state index < -0.39 is 0 Å². The fourth-order valence-electron chi connectivity index (χ4n) is 2.89. The zero-order valence-electron chi connectivity index (χ0n) is 15.6. The molecule has 2 aromatic heterocycles. The van der Waals surface area contributed by atoms with Crippen LogP contribution in [0.5, 0.6) is 0 Å². The summed E-state index contributed by atoms with van der Waals surface area (Å²) in [7, 11) is 0. The van der Waals surface area contributed by atoms with Gasteiger partial charge in [0, 0.05) is 23.7 Å². The van der Waals surface area contributed by atoms with E-state index in [0.717, 1.165) is 21.8 Å². The Morgan fingerprint density at radius 2 is 1.61 bits per heavy atom. The van der Waals surface area contributed by atoms with Gasteiger partial charge in [0.05, 0.1) is 17.6 Å². The third-order valence-corrected chi connectivity index (χ3v) is 5.11. The van der Waals surface area contributed by atoms with Gasteiger partial charge in [0.1, 0.15) is 0 Å². The van der Waals surface area contributed by atoms with Gasteiger partial charge in [-0.3, -0.25) is 9.98 Å². The standard InChI is InChI=1S/C23H20N4S/c1-2-24-23-27(26-16-21-10-6-7-15-25-21)22(17-28-23)20-13-11-19(12-14-20)18-8-4-3-5-9-18/h3-17H,2H2,1H3. The lowest BCUT2D eigenvalue weighted by Gasteiger charge is -2.06. The van der Waals surface area contributed by atoms with Gasteiger partial charge in [-0.1, -0.05) is 60.7 Å². The van der Waals surface area contributed by atoms with Crippen LogP contribution in [-0.4, -0.2) is 22.4 Å². The number of benzene rings is 2. The number of pyridine rings is 1. The normalized spacial score (nSPS) is 12.0. The minimum Gasteiger partial charge on any atom is -0.258 e. The highest BCUT2D eigenvalue weighted by molar-refractivity contribution is 7.07. The Morgan fingerprint density at radius 1 is 0.893 bits per heavy atom. The number of rotatable bonds is 5. The van der Waals surface area contributed by atoms with Gasteiger partial charge in [-0.05, 0) is 30.2 Å². The van der Waals surface area contributed by atoms with Gasteiger partial charge in [0.2, 0.25) is 4.80 Å². The van der Waals surface area contributed by atoms with Crippen molar-refractivity contribution in [3.05, 3.63) is 94.9 Å². The molecule has 0 atom stereocenters. The van der Waals surface area contributed by atoms with Crippen molar-refractivity contribution >= 4 is 17.6 Å². The highest BCUT2D eigenvalue weighted by Gasteiger charge is 2.08. The van der Waals surface area contributed by atoms with E-state index in [4.69, 9.17) is 0 Å². The highest BCUT2D eigenvalue weighted by Crippen LogP contribution is 2.25. The van der Waals surface area contributed by atoms with Crippen LogP contribution in [0.15, 0.2) is 94.5 Å². The lowest BCUT2D eigenvalue weighted by atomic mass is 10.0. The van der Waals surface area contributed by atoms with Crippen LogP contribution in [0.1, 0.15) is 12.6 Å². The topological polar surface area (TPSA) is 42.5 Å². The Labute approximate surface area is 168 Å². The van der Waals surface area contributed by atoms with E-state index in [0.29, 0.717) is 6.54 Å². The molecule has 4 aromatic rings. The lowest BCUT2D eigenvalue weighted by Crippen LogP contribution is -2.12. The second-order valence-corrected chi connectivity index (χ2v) is 6.97. The molecular weight excluding hydrogens is 364 g/mol. The predicted octanol–water partition coefficient (Wildman–Crippen LogP) is 5.08. The smallest absolute Gasteiger partial charge is 0.206 e. The van der Waals surface area contributed by atoms with Crippen LogP contribution in [0.3, 0.4) is 0 Å². The van der Waals surface area contributed by atoms with Crippen molar-refractivity contribution in [1.29, 1.82) is 0 Å². The molecule has 0 amide bonds. The van der Waals surface area contributed by atoms with Crippen LogP contribution >= 0.6 is 11.3 Å². The summed E-state index contributed by atoms with van der Waals surface area (Å²) >= 11 is 1.59. The Kier molecular flexibility index (Phi) is 5.54. The van der Waals surface area contributed by atoms with Gasteiger partial charge >= 0.3 is 0 Å². The summed E-state index contributed by atoms with van der Waals surface area (Å²) in [5.41, 5.74) is 5.34. The third-order valence-electron chi connectivity index (χ3n) is 4.26. The van der Waals surface area contributed by atoms with Crippen LogP contribution in [0.2, 0.25) is 0 Å². The first-order valence-electron chi connectivity index (χ1n) is 9.17. The van der Waals surface area contributed by atoms with Crippen molar-refractivity contribution in [3.8, 4) is 22.4 Å². The first-order chi connectivity index (χ1) is 13.8. The first-order valence-corrected chi connectivity index (χ1v) is 10.1. The molecule has 4 rings (SSSR count). The zero-order valence-corrected chi connectivity index (χ0v) is 16.4. The third kappa shape index (κ3) is 4.00. The molecule has 0 saturated carbocycles. The maximum atomic E-state index is 4.66. The number of nitrogens with zero attached hydrogens (tertiary/aromatic N) is 4. The Hall–Kier alpha value is -3.31. The van der Waals surface area contributed by atoms with Crippen molar-refractivity contribution in [2.75, 3.05) is 6.54 Å². The quantitative estimate of drug-likeness (QED) is 0.442. The zero-order chi connectivity index (χ0) is 19.2. The van der Waals surface area contributed by atoms with Gasteiger partial charge in [0.25, 0.3) is 0 Å². The second kappa shape index (κ2) is 8.59. The van der Waals surface area contributed by atoms with Crippen LogP contribution in [0, 0.1) is 0 Å². The summed E-state index contributed by atoms with van der Waals surface area (Å²) in [5, 5.41) is 6.76. The van der Waals surface area contributed by atoms with Crippen molar-refractivity contribution in [2.45, 2.75) is 6.92 Å². The van der Waals surface area contributed by atoms with Crippen LogP contribution in [-0.2, 0) is 0 Å². The molecule has 2 heterocycles. The van der Waals surface area contributed by atoms with Gasteiger partial charge in [-0.2, -0.15) is 5.10 Å². The van der Waals surface area contributed by atoms with E-state index in [2.05, 4.69) is 69.0 Å². The van der Waals surface area contributed by atoms with Crippen molar-refractivity contribution in [1.82, 2.24) is 9.66 Å². The van der Waals surface area contributed by atoms with E-state index in [-0.39, 0.29) is 0 Å². The van der Waals surface area contributed by atoms with Gasteiger partial charge < -0.3 is 0 Å². The molecule has 0 fully saturated rings. The summed E-state index contributed by atoms with van der Waals surface area (Å²) in [6, 6.07) is 24.7. The number of thiazole rings is 1. The van der Waals surface area contributed by atoms with E-state index in [1.165, 1.54) is 11.1 Å². The molecule has 0 saturated heterocycles. The summed E-state index contributed by atoms with van der Waals surface area (Å²) < 4.78 is 1.89. The molecule has 0 aliphatic carbocycles. The van der Waals surface area contributed by atoms with Crippen LogP contribution < -0.4 is 4.80 Å². The Balaban J connectivity index is 1.72. The summed E-state index contributed by atoms with van der Waals surface area (Å²) in [5.74, 6) is 0. The summed E-state index contributed by atoms with van der Waals surface area (Å²) in [4.78, 5) is 9.76. The van der Waals surface area contributed by atoms with Gasteiger partial charge in [0.15, 0.2) is 0 Å². The molecule has 5 heteroatoms. The molecule has 138 valence electrons. The minimum atomic E-state index is 0.714. The average molecular weight is 385 g/mol. The second-order valence-electron chi connectivity index (χ2n) is 6.13. The number of hydrogen-bond acceptors (Lipinski definition) is 4. The Morgan fingerprint density at radius 3 is 2.32 bits per heavy atom. The monoisotopic (exact) mass is 384 g/mol. The van der Waals surface area contributed by atoms with E-state index in [1.807, 2.05) is 35.9 Å². The molecule has 0 aliphatic rings. The van der Waals surface area contributed by atoms with Gasteiger partial charge in [-0.25, -0.2) is 4.68 Å². The highest BCUT2D eigenvalue weighted by atomic mass is 32.1. The fraction of sp³-hybridized carbons (Fsp3) is 0.0870. The van der Waals surface area contributed by atoms with Gasteiger partial charge in [-0.15, -0.1) is 11.3 Å². The predicted molar refractivity (Wildman–Crippen MR) is 117 cm³/mol. The number of hydrogen-bond donors (Lipinski definition) is 0. The fourth-order valence-corrected chi connectivity index (χ4v) is 3.79. The van der Waals surface area contributed by atoms with Crippen LogP contribution in [0.25, 0.3) is 22.4 Å². The summed E-state index contributed by atoms with van der Waals surface area (Å²) in [6.07, 6.45) is 3.53. The molecule has 0 bridgehead atoms. The maximum absolute atomic E-state index is 4.66. The summed E-state index contributed by atoms with van der Waals surface area (Å²) in [6.45, 7) is 2.74. The minimum absolute atomic E-state index is 0.714. The van der Waals surface area contributed by atoms with E-state index in [1.54, 1.807) is 23.7 Å². The molecule has 0 spiro atoms.